The van der Waals surface area contributed by atoms with Gasteiger partial charge in [-0.25, -0.2) is 0 Å². The van der Waals surface area contributed by atoms with Gasteiger partial charge in [-0.15, -0.1) is 0 Å². The number of pyridine rings is 1. The van der Waals surface area contributed by atoms with Crippen LogP contribution in [0.2, 0.25) is 0 Å². The van der Waals surface area contributed by atoms with E-state index in [0.29, 0.717) is 19.3 Å². The zero-order valence-electron chi connectivity index (χ0n) is 15.3. The van der Waals surface area contributed by atoms with Gasteiger partial charge in [-0.3, -0.25) is 9.88 Å². The van der Waals surface area contributed by atoms with Gasteiger partial charge in [0.25, 0.3) is 0 Å². The Morgan fingerprint density at radius 1 is 1.32 bits per heavy atom. The van der Waals surface area contributed by atoms with Crippen molar-refractivity contribution in [2.45, 2.75) is 45.4 Å². The number of aryl methyl sites for hydroxylation is 2. The molecule has 1 aliphatic heterocycles. The molecule has 0 bridgehead atoms. The second kappa shape index (κ2) is 8.56. The molecule has 0 N–H and O–H groups in total. The number of hydrogen-bond acceptors (Lipinski definition) is 6. The smallest absolute Gasteiger partial charge is 0.138 e. The minimum absolute atomic E-state index is 0.204. The molecule has 2 aromatic rings. The zero-order valence-corrected chi connectivity index (χ0v) is 15.3. The van der Waals surface area contributed by atoms with Crippen LogP contribution < -0.4 is 0 Å². The van der Waals surface area contributed by atoms with Gasteiger partial charge < -0.3 is 14.0 Å². The Bertz CT molecular complexity index is 640. The first-order valence-electron chi connectivity index (χ1n) is 8.84. The molecule has 0 saturated carbocycles. The number of likely N-dealkylation sites (tertiary alicyclic amines) is 1. The molecule has 0 aliphatic carbocycles. The highest BCUT2D eigenvalue weighted by molar-refractivity contribution is 5.21. The summed E-state index contributed by atoms with van der Waals surface area (Å²) in [5.74, 6) is 0.904. The summed E-state index contributed by atoms with van der Waals surface area (Å²) in [6, 6.07) is 4.43. The van der Waals surface area contributed by atoms with Crippen LogP contribution in [-0.4, -0.2) is 54.1 Å². The molecule has 3 heterocycles. The van der Waals surface area contributed by atoms with Crippen molar-refractivity contribution in [3.63, 3.8) is 0 Å². The first-order chi connectivity index (χ1) is 12.2. The summed E-state index contributed by atoms with van der Waals surface area (Å²) in [4.78, 5) is 6.73. The molecule has 1 fully saturated rings. The molecular formula is C19H27N3O3. The van der Waals surface area contributed by atoms with E-state index < -0.39 is 0 Å². The fourth-order valence-electron chi connectivity index (χ4n) is 3.51. The van der Waals surface area contributed by atoms with Crippen molar-refractivity contribution in [2.24, 2.45) is 0 Å². The summed E-state index contributed by atoms with van der Waals surface area (Å²) in [5.41, 5.74) is 3.40. The van der Waals surface area contributed by atoms with Crippen molar-refractivity contribution in [1.82, 2.24) is 15.0 Å². The van der Waals surface area contributed by atoms with Gasteiger partial charge in [0.1, 0.15) is 5.76 Å². The average molecular weight is 345 g/mol. The van der Waals surface area contributed by atoms with Crippen molar-refractivity contribution in [3.05, 3.63) is 47.1 Å². The highest BCUT2D eigenvalue weighted by Crippen LogP contribution is 2.27. The highest BCUT2D eigenvalue weighted by Gasteiger charge is 2.35. The van der Waals surface area contributed by atoms with Crippen LogP contribution in [0.25, 0.3) is 0 Å². The van der Waals surface area contributed by atoms with E-state index in [1.165, 1.54) is 11.1 Å². The van der Waals surface area contributed by atoms with Crippen molar-refractivity contribution in [3.8, 4) is 0 Å². The van der Waals surface area contributed by atoms with Crippen LogP contribution in [0.3, 0.4) is 0 Å². The van der Waals surface area contributed by atoms with Gasteiger partial charge in [-0.2, -0.15) is 0 Å². The number of aromatic nitrogens is 2. The average Bonchev–Trinajstić information content (AvgIpc) is 3.14. The van der Waals surface area contributed by atoms with Crippen LogP contribution in [-0.2, 0) is 22.4 Å². The number of ether oxygens (including phenoxy) is 2. The number of methoxy groups -OCH3 is 1. The van der Waals surface area contributed by atoms with Crippen LogP contribution in [0, 0.1) is 13.8 Å². The van der Waals surface area contributed by atoms with E-state index in [2.05, 4.69) is 21.1 Å². The molecule has 136 valence electrons. The molecule has 6 nitrogen and oxygen atoms in total. The van der Waals surface area contributed by atoms with E-state index in [9.17, 15) is 0 Å². The van der Waals surface area contributed by atoms with E-state index in [-0.39, 0.29) is 6.10 Å². The summed E-state index contributed by atoms with van der Waals surface area (Å²) in [6.45, 7) is 7.09. The second-order valence-electron chi connectivity index (χ2n) is 6.60. The lowest BCUT2D eigenvalue weighted by Crippen LogP contribution is -2.38. The first-order valence-corrected chi connectivity index (χ1v) is 8.84. The van der Waals surface area contributed by atoms with E-state index >= 15 is 0 Å². The number of nitrogens with zero attached hydrogens (tertiary/aromatic N) is 3. The molecule has 0 radical (unpaired) electrons. The van der Waals surface area contributed by atoms with Crippen LogP contribution in [0.5, 0.6) is 0 Å². The first kappa shape index (κ1) is 18.0. The third-order valence-corrected chi connectivity index (χ3v) is 4.93. The lowest BCUT2D eigenvalue weighted by molar-refractivity contribution is -0.00137. The van der Waals surface area contributed by atoms with Crippen LogP contribution >= 0.6 is 0 Å². The number of hydrogen-bond donors (Lipinski definition) is 0. The van der Waals surface area contributed by atoms with Gasteiger partial charge in [-0.1, -0.05) is 11.2 Å². The molecule has 25 heavy (non-hydrogen) atoms. The molecule has 0 amide bonds. The minimum atomic E-state index is 0.204. The normalized spacial score (nSPS) is 21.1. The van der Waals surface area contributed by atoms with Crippen LogP contribution in [0.4, 0.5) is 0 Å². The van der Waals surface area contributed by atoms with Gasteiger partial charge in [0.05, 0.1) is 25.0 Å². The SMILES string of the molecule is COCCO[C@@H]1CCN(Cc2c(C)noc2C)[C@@H]1Cc1cccnc1. The number of rotatable bonds is 8. The molecule has 0 aromatic carbocycles. The fourth-order valence-corrected chi connectivity index (χ4v) is 3.51. The summed E-state index contributed by atoms with van der Waals surface area (Å²) in [5, 5.41) is 4.09. The van der Waals surface area contributed by atoms with Crippen LogP contribution in [0.1, 0.15) is 29.0 Å². The summed E-state index contributed by atoms with van der Waals surface area (Å²) >= 11 is 0. The standard InChI is InChI=1S/C19H27N3O3/c1-14-17(15(2)25-21-14)13-22-8-6-19(24-10-9-23-3)18(22)11-16-5-4-7-20-12-16/h4-5,7,12,18-19H,6,8-11,13H2,1-3H3/t18-,19-/m1/s1. The van der Waals surface area contributed by atoms with Crippen molar-refractivity contribution < 1.29 is 14.0 Å². The molecular weight excluding hydrogens is 318 g/mol. The monoisotopic (exact) mass is 345 g/mol. The highest BCUT2D eigenvalue weighted by atomic mass is 16.5. The fraction of sp³-hybridized carbons (Fsp3) is 0.579. The summed E-state index contributed by atoms with van der Waals surface area (Å²) in [7, 11) is 1.70. The Morgan fingerprint density at radius 3 is 2.88 bits per heavy atom. The topological polar surface area (TPSA) is 60.6 Å². The van der Waals surface area contributed by atoms with E-state index in [1.807, 2.05) is 32.3 Å². The molecule has 2 atom stereocenters. The summed E-state index contributed by atoms with van der Waals surface area (Å²) in [6.07, 6.45) is 5.91. The van der Waals surface area contributed by atoms with Crippen LogP contribution in [0.15, 0.2) is 29.0 Å². The lowest BCUT2D eigenvalue weighted by Gasteiger charge is -2.28. The van der Waals surface area contributed by atoms with E-state index in [4.69, 9.17) is 14.0 Å². The Kier molecular flexibility index (Phi) is 6.18. The second-order valence-corrected chi connectivity index (χ2v) is 6.60. The molecule has 2 aromatic heterocycles. The third-order valence-electron chi connectivity index (χ3n) is 4.93. The van der Waals surface area contributed by atoms with E-state index in [0.717, 1.165) is 37.4 Å². The maximum Gasteiger partial charge on any atom is 0.138 e. The largest absolute Gasteiger partial charge is 0.382 e. The van der Waals surface area contributed by atoms with Gasteiger partial charge in [-0.05, 0) is 38.3 Å². The molecule has 1 saturated heterocycles. The van der Waals surface area contributed by atoms with Crippen molar-refractivity contribution in [1.29, 1.82) is 0 Å². The minimum Gasteiger partial charge on any atom is -0.382 e. The van der Waals surface area contributed by atoms with Crippen molar-refractivity contribution >= 4 is 0 Å². The lowest BCUT2D eigenvalue weighted by atomic mass is 10.0. The Balaban J connectivity index is 1.73. The molecule has 1 aliphatic rings. The van der Waals surface area contributed by atoms with Crippen molar-refractivity contribution in [2.75, 3.05) is 26.9 Å². The maximum absolute atomic E-state index is 6.11. The quantitative estimate of drug-likeness (QED) is 0.685. The predicted molar refractivity (Wildman–Crippen MR) is 94.3 cm³/mol. The molecule has 3 rings (SSSR count). The Hall–Kier alpha value is -1.76. The Labute approximate surface area is 149 Å². The molecule has 0 spiro atoms. The molecule has 0 unspecified atom stereocenters. The van der Waals surface area contributed by atoms with E-state index in [1.54, 1.807) is 7.11 Å². The maximum atomic E-state index is 6.11. The summed E-state index contributed by atoms with van der Waals surface area (Å²) < 4.78 is 16.6. The van der Waals surface area contributed by atoms with Gasteiger partial charge in [0.2, 0.25) is 0 Å². The predicted octanol–water partition coefficient (Wildman–Crippen LogP) is 2.54. The molecule has 6 heteroatoms. The van der Waals surface area contributed by atoms with Gasteiger partial charge >= 0.3 is 0 Å². The zero-order chi connectivity index (χ0) is 17.6. The third kappa shape index (κ3) is 4.45. The Morgan fingerprint density at radius 2 is 2.20 bits per heavy atom. The van der Waals surface area contributed by atoms with Gasteiger partial charge in [0, 0.05) is 44.2 Å². The van der Waals surface area contributed by atoms with Gasteiger partial charge in [0.15, 0.2) is 0 Å².